The molecule has 0 aliphatic rings. The minimum atomic E-state index is 0.912. The van der Waals surface area contributed by atoms with Crippen LogP contribution in [0.25, 0.3) is 0 Å². The van der Waals surface area contributed by atoms with Gasteiger partial charge >= 0.3 is 0 Å². The molecule has 1 aromatic carbocycles. The molecule has 0 bridgehead atoms. The molecule has 0 saturated heterocycles. The quantitative estimate of drug-likeness (QED) is 0.720. The van der Waals surface area contributed by atoms with Gasteiger partial charge in [-0.3, -0.25) is 4.90 Å². The summed E-state index contributed by atoms with van der Waals surface area (Å²) in [5.41, 5.74) is 2.92. The molecule has 0 heterocycles. The lowest BCUT2D eigenvalue weighted by molar-refractivity contribution is 0.311. The van der Waals surface area contributed by atoms with E-state index in [9.17, 15) is 0 Å². The first-order chi connectivity index (χ1) is 6.86. The summed E-state index contributed by atoms with van der Waals surface area (Å²) in [5.74, 6) is 0. The molecule has 0 unspecified atom stereocenters. The number of benzene rings is 1. The third kappa shape index (κ3) is 3.95. The van der Waals surface area contributed by atoms with Gasteiger partial charge in [-0.05, 0) is 12.1 Å². The normalized spacial score (nSPS) is 11.4. The molecule has 0 amide bonds. The SMILES string of the molecule is CCN(C/C=C/Cl)Cc1ccccc1. The molecule has 0 aromatic heterocycles. The van der Waals surface area contributed by atoms with E-state index in [0.29, 0.717) is 0 Å². The summed E-state index contributed by atoms with van der Waals surface area (Å²) < 4.78 is 0. The van der Waals surface area contributed by atoms with Gasteiger partial charge in [-0.15, -0.1) is 0 Å². The summed E-state index contributed by atoms with van der Waals surface area (Å²) in [6.07, 6.45) is 1.97. The molecule has 76 valence electrons. The van der Waals surface area contributed by atoms with Crippen molar-refractivity contribution in [3.05, 3.63) is 47.5 Å². The van der Waals surface area contributed by atoms with Crippen LogP contribution in [0.3, 0.4) is 0 Å². The van der Waals surface area contributed by atoms with E-state index >= 15 is 0 Å². The average molecular weight is 210 g/mol. The van der Waals surface area contributed by atoms with Gasteiger partial charge in [0.2, 0.25) is 0 Å². The standard InChI is InChI=1S/C12H16ClN/c1-2-14(10-6-9-13)11-12-7-4-3-5-8-12/h3-9H,2,10-11H2,1H3/b9-6+. The molecule has 0 aliphatic carbocycles. The summed E-state index contributed by atoms with van der Waals surface area (Å²) in [5, 5.41) is 0. The van der Waals surface area contributed by atoms with Crippen LogP contribution in [0.15, 0.2) is 41.9 Å². The molecule has 0 radical (unpaired) electrons. The van der Waals surface area contributed by atoms with Crippen LogP contribution >= 0.6 is 11.6 Å². The summed E-state index contributed by atoms with van der Waals surface area (Å²) >= 11 is 5.50. The Morgan fingerprint density at radius 1 is 1.29 bits per heavy atom. The smallest absolute Gasteiger partial charge is 0.0236 e. The van der Waals surface area contributed by atoms with Gasteiger partial charge in [0.05, 0.1) is 0 Å². The zero-order valence-electron chi connectivity index (χ0n) is 8.49. The van der Waals surface area contributed by atoms with Crippen LogP contribution in [0.2, 0.25) is 0 Å². The summed E-state index contributed by atoms with van der Waals surface area (Å²) in [6, 6.07) is 10.5. The van der Waals surface area contributed by atoms with Crippen LogP contribution in [0.5, 0.6) is 0 Å². The number of nitrogens with zero attached hydrogens (tertiary/aromatic N) is 1. The van der Waals surface area contributed by atoms with Crippen molar-refractivity contribution in [1.82, 2.24) is 4.90 Å². The van der Waals surface area contributed by atoms with Crippen LogP contribution in [0, 0.1) is 0 Å². The molecule has 0 aliphatic heterocycles. The molecule has 1 aromatic rings. The van der Waals surface area contributed by atoms with Crippen LogP contribution in [-0.4, -0.2) is 18.0 Å². The maximum absolute atomic E-state index is 5.50. The fraction of sp³-hybridized carbons (Fsp3) is 0.333. The highest BCUT2D eigenvalue weighted by molar-refractivity contribution is 6.25. The van der Waals surface area contributed by atoms with Crippen molar-refractivity contribution in [2.24, 2.45) is 0 Å². The van der Waals surface area contributed by atoms with Gasteiger partial charge in [0.15, 0.2) is 0 Å². The lowest BCUT2D eigenvalue weighted by Crippen LogP contribution is -2.22. The first-order valence-electron chi connectivity index (χ1n) is 4.88. The number of hydrogen-bond acceptors (Lipinski definition) is 1. The third-order valence-electron chi connectivity index (χ3n) is 2.15. The molecule has 0 fully saturated rings. The molecule has 2 heteroatoms. The van der Waals surface area contributed by atoms with Crippen molar-refractivity contribution in [2.45, 2.75) is 13.5 Å². The first-order valence-corrected chi connectivity index (χ1v) is 5.32. The van der Waals surface area contributed by atoms with Gasteiger partial charge in [-0.2, -0.15) is 0 Å². The Hall–Kier alpha value is -0.790. The molecule has 0 saturated carbocycles. The van der Waals surface area contributed by atoms with Gasteiger partial charge in [-0.25, -0.2) is 0 Å². The largest absolute Gasteiger partial charge is 0.296 e. The summed E-state index contributed by atoms with van der Waals surface area (Å²) in [7, 11) is 0. The highest BCUT2D eigenvalue weighted by Gasteiger charge is 2.00. The Kier molecular flexibility index (Phi) is 5.35. The average Bonchev–Trinajstić information content (AvgIpc) is 2.25. The van der Waals surface area contributed by atoms with Crippen molar-refractivity contribution < 1.29 is 0 Å². The maximum atomic E-state index is 5.50. The van der Waals surface area contributed by atoms with Gasteiger partial charge in [0.1, 0.15) is 0 Å². The number of likely N-dealkylation sites (N-methyl/N-ethyl adjacent to an activating group) is 1. The zero-order valence-corrected chi connectivity index (χ0v) is 9.24. The van der Waals surface area contributed by atoms with E-state index in [0.717, 1.165) is 19.6 Å². The van der Waals surface area contributed by atoms with E-state index in [-0.39, 0.29) is 0 Å². The molecular formula is C12H16ClN. The topological polar surface area (TPSA) is 3.24 Å². The molecule has 0 atom stereocenters. The highest BCUT2D eigenvalue weighted by Crippen LogP contribution is 2.03. The minimum Gasteiger partial charge on any atom is -0.296 e. The number of rotatable bonds is 5. The maximum Gasteiger partial charge on any atom is 0.0236 e. The predicted molar refractivity (Wildman–Crippen MR) is 62.4 cm³/mol. The number of hydrogen-bond donors (Lipinski definition) is 0. The molecule has 1 nitrogen and oxygen atoms in total. The number of halogens is 1. The van der Waals surface area contributed by atoms with Crippen molar-refractivity contribution in [2.75, 3.05) is 13.1 Å². The van der Waals surface area contributed by atoms with E-state index in [2.05, 4.69) is 36.1 Å². The van der Waals surface area contributed by atoms with Gasteiger partial charge in [0, 0.05) is 18.6 Å². The van der Waals surface area contributed by atoms with Gasteiger partial charge in [-0.1, -0.05) is 54.9 Å². The van der Waals surface area contributed by atoms with Crippen LogP contribution in [0.1, 0.15) is 12.5 Å². The third-order valence-corrected chi connectivity index (χ3v) is 2.33. The minimum absolute atomic E-state index is 0.912. The van der Waals surface area contributed by atoms with E-state index in [1.807, 2.05) is 12.1 Å². The Labute approximate surface area is 91.0 Å². The Bertz CT molecular complexity index is 269. The first kappa shape index (κ1) is 11.3. The highest BCUT2D eigenvalue weighted by atomic mass is 35.5. The van der Waals surface area contributed by atoms with Crippen molar-refractivity contribution in [3.8, 4) is 0 Å². The second-order valence-corrected chi connectivity index (χ2v) is 3.43. The molecular weight excluding hydrogens is 194 g/mol. The van der Waals surface area contributed by atoms with E-state index in [4.69, 9.17) is 11.6 Å². The van der Waals surface area contributed by atoms with Crippen molar-refractivity contribution >= 4 is 11.6 Å². The summed E-state index contributed by atoms with van der Waals surface area (Å²) in [4.78, 5) is 2.33. The van der Waals surface area contributed by atoms with Crippen LogP contribution in [0.4, 0.5) is 0 Å². The van der Waals surface area contributed by atoms with Gasteiger partial charge in [0.25, 0.3) is 0 Å². The Balaban J connectivity index is 2.48. The van der Waals surface area contributed by atoms with Crippen molar-refractivity contribution in [1.29, 1.82) is 0 Å². The van der Waals surface area contributed by atoms with Crippen molar-refractivity contribution in [3.63, 3.8) is 0 Å². The molecule has 14 heavy (non-hydrogen) atoms. The van der Waals surface area contributed by atoms with E-state index in [1.54, 1.807) is 5.54 Å². The van der Waals surface area contributed by atoms with Crippen LogP contribution < -0.4 is 0 Å². The lowest BCUT2D eigenvalue weighted by Gasteiger charge is -2.18. The summed E-state index contributed by atoms with van der Waals surface area (Å²) in [6.45, 7) is 5.09. The fourth-order valence-electron chi connectivity index (χ4n) is 1.34. The Morgan fingerprint density at radius 2 is 2.00 bits per heavy atom. The fourth-order valence-corrected chi connectivity index (χ4v) is 1.42. The molecule has 0 spiro atoms. The van der Waals surface area contributed by atoms with E-state index in [1.165, 1.54) is 5.56 Å². The predicted octanol–water partition coefficient (Wildman–Crippen LogP) is 3.26. The second kappa shape index (κ2) is 6.63. The molecule has 1 rings (SSSR count). The molecule has 0 N–H and O–H groups in total. The lowest BCUT2D eigenvalue weighted by atomic mass is 10.2. The Morgan fingerprint density at radius 3 is 2.57 bits per heavy atom. The monoisotopic (exact) mass is 209 g/mol. The second-order valence-electron chi connectivity index (χ2n) is 3.18. The zero-order chi connectivity index (χ0) is 10.2. The van der Waals surface area contributed by atoms with Crippen LogP contribution in [-0.2, 0) is 6.54 Å². The van der Waals surface area contributed by atoms with E-state index < -0.39 is 0 Å². The van der Waals surface area contributed by atoms with Gasteiger partial charge < -0.3 is 0 Å².